The SMILES string of the molecule is Oc1ccc(/C=N/Nc2c(F)c(F)cc(F)c2F)c(O)c1. The fourth-order valence-corrected chi connectivity index (χ4v) is 1.48. The maximum atomic E-state index is 13.3. The van der Waals surface area contributed by atoms with Crippen LogP contribution in [0.25, 0.3) is 0 Å². The van der Waals surface area contributed by atoms with Crippen molar-refractivity contribution in [3.05, 3.63) is 53.1 Å². The topological polar surface area (TPSA) is 64.9 Å². The van der Waals surface area contributed by atoms with Gasteiger partial charge in [-0.2, -0.15) is 5.10 Å². The number of phenolic OH excluding ortho intramolecular Hbond substituents is 2. The molecule has 0 bridgehead atoms. The van der Waals surface area contributed by atoms with E-state index < -0.39 is 29.0 Å². The first-order valence-electron chi connectivity index (χ1n) is 5.54. The van der Waals surface area contributed by atoms with Crippen LogP contribution in [0.2, 0.25) is 0 Å². The third kappa shape index (κ3) is 3.04. The number of hydrogen-bond acceptors (Lipinski definition) is 4. The first kappa shape index (κ1) is 14.6. The molecule has 0 spiro atoms. The monoisotopic (exact) mass is 300 g/mol. The second kappa shape index (κ2) is 5.70. The van der Waals surface area contributed by atoms with E-state index in [2.05, 4.69) is 5.10 Å². The first-order valence-corrected chi connectivity index (χ1v) is 5.54. The Morgan fingerprint density at radius 1 is 0.952 bits per heavy atom. The van der Waals surface area contributed by atoms with Gasteiger partial charge in [-0.05, 0) is 12.1 Å². The summed E-state index contributed by atoms with van der Waals surface area (Å²) in [5, 5.41) is 21.9. The molecule has 0 aliphatic heterocycles. The van der Waals surface area contributed by atoms with Crippen LogP contribution in [-0.2, 0) is 0 Å². The molecule has 0 aromatic heterocycles. The largest absolute Gasteiger partial charge is 0.508 e. The fourth-order valence-electron chi connectivity index (χ4n) is 1.48. The Labute approximate surface area is 116 Å². The van der Waals surface area contributed by atoms with Crippen molar-refractivity contribution in [1.29, 1.82) is 0 Å². The van der Waals surface area contributed by atoms with Crippen LogP contribution in [0.5, 0.6) is 11.5 Å². The normalized spacial score (nSPS) is 11.0. The number of rotatable bonds is 3. The van der Waals surface area contributed by atoms with E-state index in [1.54, 1.807) is 0 Å². The van der Waals surface area contributed by atoms with E-state index in [1.165, 1.54) is 12.1 Å². The highest BCUT2D eigenvalue weighted by Gasteiger charge is 2.18. The lowest BCUT2D eigenvalue weighted by Gasteiger charge is -2.05. The molecule has 2 aromatic carbocycles. The van der Waals surface area contributed by atoms with Gasteiger partial charge in [0.15, 0.2) is 23.3 Å². The Morgan fingerprint density at radius 3 is 2.14 bits per heavy atom. The quantitative estimate of drug-likeness (QED) is 0.353. The Balaban J connectivity index is 2.26. The van der Waals surface area contributed by atoms with Gasteiger partial charge in [-0.3, -0.25) is 5.43 Å². The number of nitrogens with zero attached hydrogens (tertiary/aromatic N) is 1. The molecule has 0 atom stereocenters. The third-order valence-corrected chi connectivity index (χ3v) is 2.51. The Hall–Kier alpha value is -2.77. The summed E-state index contributed by atoms with van der Waals surface area (Å²) >= 11 is 0. The number of benzene rings is 2. The smallest absolute Gasteiger partial charge is 0.186 e. The lowest BCUT2D eigenvalue weighted by molar-refractivity contribution is 0.450. The van der Waals surface area contributed by atoms with Crippen molar-refractivity contribution in [2.75, 3.05) is 5.43 Å². The van der Waals surface area contributed by atoms with Crippen LogP contribution in [0.4, 0.5) is 23.2 Å². The van der Waals surface area contributed by atoms with E-state index in [0.29, 0.717) is 0 Å². The molecule has 0 saturated carbocycles. The van der Waals surface area contributed by atoms with Crippen molar-refractivity contribution in [1.82, 2.24) is 0 Å². The summed E-state index contributed by atoms with van der Waals surface area (Å²) in [6, 6.07) is 3.61. The summed E-state index contributed by atoms with van der Waals surface area (Å²) in [4.78, 5) is 0. The maximum Gasteiger partial charge on any atom is 0.186 e. The van der Waals surface area contributed by atoms with Crippen LogP contribution < -0.4 is 5.43 Å². The van der Waals surface area contributed by atoms with E-state index in [0.717, 1.165) is 12.3 Å². The molecule has 110 valence electrons. The van der Waals surface area contributed by atoms with Crippen LogP contribution in [0.15, 0.2) is 29.4 Å². The lowest BCUT2D eigenvalue weighted by Crippen LogP contribution is -2.02. The fraction of sp³-hybridized carbons (Fsp3) is 0. The van der Waals surface area contributed by atoms with Crippen LogP contribution in [0, 0.1) is 23.3 Å². The molecule has 21 heavy (non-hydrogen) atoms. The van der Waals surface area contributed by atoms with E-state index >= 15 is 0 Å². The predicted octanol–water partition coefficient (Wildman–Crippen LogP) is 3.10. The summed E-state index contributed by atoms with van der Waals surface area (Å²) in [5.41, 5.74) is 0.833. The van der Waals surface area contributed by atoms with Gasteiger partial charge >= 0.3 is 0 Å². The molecule has 2 aromatic rings. The molecule has 0 saturated heterocycles. The standard InChI is InChI=1S/C13H8F4N2O2/c14-8-4-9(15)12(17)13(11(8)16)19-18-5-6-1-2-7(20)3-10(6)21/h1-5,19-21H/b18-5+. The summed E-state index contributed by atoms with van der Waals surface area (Å²) in [7, 11) is 0. The van der Waals surface area contributed by atoms with Gasteiger partial charge in [-0.15, -0.1) is 0 Å². The maximum absolute atomic E-state index is 13.3. The molecule has 0 heterocycles. The molecule has 3 N–H and O–H groups in total. The molecule has 0 unspecified atom stereocenters. The molecular weight excluding hydrogens is 292 g/mol. The second-order valence-corrected chi connectivity index (χ2v) is 3.96. The van der Waals surface area contributed by atoms with Gasteiger partial charge in [-0.1, -0.05) is 0 Å². The first-order chi connectivity index (χ1) is 9.90. The van der Waals surface area contributed by atoms with E-state index in [-0.39, 0.29) is 23.1 Å². The van der Waals surface area contributed by atoms with E-state index in [1.807, 2.05) is 5.43 Å². The number of aromatic hydroxyl groups is 2. The van der Waals surface area contributed by atoms with Gasteiger partial charge in [0.05, 0.1) is 6.21 Å². The lowest BCUT2D eigenvalue weighted by atomic mass is 10.2. The average Bonchev–Trinajstić information content (AvgIpc) is 2.42. The van der Waals surface area contributed by atoms with Gasteiger partial charge in [0.1, 0.15) is 17.2 Å². The van der Waals surface area contributed by atoms with Gasteiger partial charge in [-0.25, -0.2) is 17.6 Å². The summed E-state index contributed by atoms with van der Waals surface area (Å²) < 4.78 is 52.5. The van der Waals surface area contributed by atoms with Crippen molar-refractivity contribution in [3.8, 4) is 11.5 Å². The molecule has 0 aliphatic carbocycles. The Kier molecular flexibility index (Phi) is 3.97. The molecule has 0 aliphatic rings. The van der Waals surface area contributed by atoms with Crippen molar-refractivity contribution in [3.63, 3.8) is 0 Å². The Bertz CT molecular complexity index is 694. The molecule has 0 amide bonds. The minimum atomic E-state index is -1.62. The highest BCUT2D eigenvalue weighted by molar-refractivity contribution is 5.84. The number of nitrogens with one attached hydrogen (secondary N) is 1. The summed E-state index contributed by atoms with van der Waals surface area (Å²) in [6.45, 7) is 0. The zero-order chi connectivity index (χ0) is 15.6. The van der Waals surface area contributed by atoms with Crippen molar-refractivity contribution in [2.45, 2.75) is 0 Å². The zero-order valence-electron chi connectivity index (χ0n) is 10.2. The molecule has 2 rings (SSSR count). The second-order valence-electron chi connectivity index (χ2n) is 3.96. The highest BCUT2D eigenvalue weighted by Crippen LogP contribution is 2.24. The molecular formula is C13H8F4N2O2. The molecule has 0 radical (unpaired) electrons. The highest BCUT2D eigenvalue weighted by atomic mass is 19.2. The minimum absolute atomic E-state index is 0.0748. The van der Waals surface area contributed by atoms with Crippen molar-refractivity contribution < 1.29 is 27.8 Å². The Morgan fingerprint density at radius 2 is 1.57 bits per heavy atom. The van der Waals surface area contributed by atoms with E-state index in [4.69, 9.17) is 5.11 Å². The van der Waals surface area contributed by atoms with E-state index in [9.17, 15) is 22.7 Å². The number of halogens is 4. The van der Waals surface area contributed by atoms with Gasteiger partial charge < -0.3 is 10.2 Å². The number of hydrogen-bond donors (Lipinski definition) is 3. The van der Waals surface area contributed by atoms with Crippen molar-refractivity contribution in [2.24, 2.45) is 5.10 Å². The number of hydrazone groups is 1. The number of phenols is 2. The molecule has 0 fully saturated rings. The van der Waals surface area contributed by atoms with Crippen LogP contribution in [0.3, 0.4) is 0 Å². The minimum Gasteiger partial charge on any atom is -0.508 e. The van der Waals surface area contributed by atoms with Gasteiger partial charge in [0.25, 0.3) is 0 Å². The van der Waals surface area contributed by atoms with Crippen molar-refractivity contribution >= 4 is 11.9 Å². The predicted molar refractivity (Wildman–Crippen MR) is 67.3 cm³/mol. The molecule has 8 heteroatoms. The van der Waals surface area contributed by atoms with Crippen LogP contribution in [0.1, 0.15) is 5.56 Å². The zero-order valence-corrected chi connectivity index (χ0v) is 10.2. The van der Waals surface area contributed by atoms with Crippen LogP contribution >= 0.6 is 0 Å². The summed E-state index contributed by atoms with van der Waals surface area (Å²) in [6.07, 6.45) is 0.955. The van der Waals surface area contributed by atoms with Crippen LogP contribution in [-0.4, -0.2) is 16.4 Å². The summed E-state index contributed by atoms with van der Waals surface area (Å²) in [5.74, 6) is -6.92. The third-order valence-electron chi connectivity index (χ3n) is 2.51. The van der Waals surface area contributed by atoms with Gasteiger partial charge in [0.2, 0.25) is 0 Å². The average molecular weight is 300 g/mol. The van der Waals surface area contributed by atoms with Gasteiger partial charge in [0, 0.05) is 17.7 Å². The number of anilines is 1. The molecule has 4 nitrogen and oxygen atoms in total.